The number of nitrogens with two attached hydrogens (primary N) is 1. The molecule has 1 aromatic rings. The minimum atomic E-state index is 0.110. The van der Waals surface area contributed by atoms with Crippen LogP contribution in [0.4, 0.5) is 5.69 Å². The molecule has 0 spiro atoms. The van der Waals surface area contributed by atoms with E-state index >= 15 is 0 Å². The van der Waals surface area contributed by atoms with E-state index in [1.807, 2.05) is 6.07 Å². The summed E-state index contributed by atoms with van der Waals surface area (Å²) < 4.78 is 0. The average Bonchev–Trinajstić information content (AvgIpc) is 2.03. The predicted octanol–water partition coefficient (Wildman–Crippen LogP) is 1.87. The third kappa shape index (κ3) is 2.58. The molecule has 1 rings (SSSR count). The molecule has 0 unspecified atom stereocenters. The van der Waals surface area contributed by atoms with Gasteiger partial charge in [0.05, 0.1) is 11.3 Å². The van der Waals surface area contributed by atoms with Gasteiger partial charge in [0.1, 0.15) is 6.07 Å². The molecular weight excluding hydrogens is 206 g/mol. The van der Waals surface area contributed by atoms with E-state index < -0.39 is 0 Å². The van der Waals surface area contributed by atoms with Crippen LogP contribution in [-0.4, -0.2) is 5.11 Å². The van der Waals surface area contributed by atoms with Gasteiger partial charge in [-0.1, -0.05) is 11.6 Å². The van der Waals surface area contributed by atoms with Gasteiger partial charge in [-0.3, -0.25) is 0 Å². The van der Waals surface area contributed by atoms with Crippen molar-refractivity contribution in [3.8, 4) is 6.07 Å². The fourth-order valence-electron chi connectivity index (χ4n) is 0.850. The molecule has 0 saturated carbocycles. The van der Waals surface area contributed by atoms with Gasteiger partial charge in [-0.2, -0.15) is 5.26 Å². The van der Waals surface area contributed by atoms with Gasteiger partial charge in [0.15, 0.2) is 5.11 Å². The topological polar surface area (TPSA) is 61.8 Å². The van der Waals surface area contributed by atoms with Crippen LogP contribution in [-0.2, 0) is 0 Å². The number of nitrogens with one attached hydrogen (secondary N) is 1. The average molecular weight is 212 g/mol. The zero-order chi connectivity index (χ0) is 9.84. The highest BCUT2D eigenvalue weighted by Crippen LogP contribution is 2.19. The summed E-state index contributed by atoms with van der Waals surface area (Å²) in [5.41, 5.74) is 6.25. The van der Waals surface area contributed by atoms with Gasteiger partial charge >= 0.3 is 0 Å². The standard InChI is InChI=1S/C8H6ClN3S/c9-6-2-1-5(4-10)7(3-6)12-8(11)13/h1-3H,(H3,11,12,13). The number of hydrogen-bond acceptors (Lipinski definition) is 2. The third-order valence-electron chi connectivity index (χ3n) is 1.36. The molecule has 0 amide bonds. The first kappa shape index (κ1) is 9.78. The number of thiocarbonyl (C=S) groups is 1. The maximum atomic E-state index is 8.71. The lowest BCUT2D eigenvalue weighted by molar-refractivity contribution is 1.47. The Balaban J connectivity index is 3.10. The quantitative estimate of drug-likeness (QED) is 0.697. The van der Waals surface area contributed by atoms with Crippen LogP contribution in [0.25, 0.3) is 0 Å². The molecule has 0 fully saturated rings. The molecule has 0 saturated heterocycles. The molecule has 0 aliphatic heterocycles. The Bertz CT molecular complexity index is 383. The van der Waals surface area contributed by atoms with Crippen LogP contribution in [0.2, 0.25) is 5.02 Å². The Morgan fingerprint density at radius 2 is 2.31 bits per heavy atom. The smallest absolute Gasteiger partial charge is 0.168 e. The van der Waals surface area contributed by atoms with Crippen molar-refractivity contribution in [1.82, 2.24) is 0 Å². The minimum absolute atomic E-state index is 0.110. The summed E-state index contributed by atoms with van der Waals surface area (Å²) in [7, 11) is 0. The van der Waals surface area contributed by atoms with Crippen LogP contribution in [0.1, 0.15) is 5.56 Å². The molecule has 0 heterocycles. The van der Waals surface area contributed by atoms with Crippen LogP contribution in [0.15, 0.2) is 18.2 Å². The second-order valence-electron chi connectivity index (χ2n) is 2.29. The summed E-state index contributed by atoms with van der Waals surface area (Å²) in [6.07, 6.45) is 0. The highest BCUT2D eigenvalue weighted by atomic mass is 35.5. The maximum absolute atomic E-state index is 8.71. The van der Waals surface area contributed by atoms with E-state index in [9.17, 15) is 0 Å². The largest absolute Gasteiger partial charge is 0.376 e. The van der Waals surface area contributed by atoms with Crippen molar-refractivity contribution in [1.29, 1.82) is 5.26 Å². The molecule has 0 aromatic heterocycles. The predicted molar refractivity (Wildman–Crippen MR) is 56.6 cm³/mol. The van der Waals surface area contributed by atoms with Crippen LogP contribution < -0.4 is 11.1 Å². The second-order valence-corrected chi connectivity index (χ2v) is 3.17. The summed E-state index contributed by atoms with van der Waals surface area (Å²) >= 11 is 10.4. The highest BCUT2D eigenvalue weighted by molar-refractivity contribution is 7.80. The van der Waals surface area contributed by atoms with Gasteiger partial charge in [-0.25, -0.2) is 0 Å². The molecule has 0 radical (unpaired) electrons. The Morgan fingerprint density at radius 3 is 2.85 bits per heavy atom. The summed E-state index contributed by atoms with van der Waals surface area (Å²) in [4.78, 5) is 0. The molecule has 3 nitrogen and oxygen atoms in total. The number of hydrogen-bond donors (Lipinski definition) is 2. The summed E-state index contributed by atoms with van der Waals surface area (Å²) in [5.74, 6) is 0. The summed E-state index contributed by atoms with van der Waals surface area (Å²) in [6, 6.07) is 6.82. The lowest BCUT2D eigenvalue weighted by atomic mass is 10.2. The Morgan fingerprint density at radius 1 is 1.62 bits per heavy atom. The summed E-state index contributed by atoms with van der Waals surface area (Å²) in [6.45, 7) is 0. The molecule has 0 atom stereocenters. The van der Waals surface area contributed by atoms with Crippen molar-refractivity contribution in [2.24, 2.45) is 5.73 Å². The van der Waals surface area contributed by atoms with Crippen LogP contribution >= 0.6 is 23.8 Å². The van der Waals surface area contributed by atoms with Gasteiger partial charge < -0.3 is 11.1 Å². The Kier molecular flexibility index (Phi) is 3.07. The molecule has 5 heteroatoms. The fraction of sp³-hybridized carbons (Fsp3) is 0. The first-order chi connectivity index (χ1) is 6.13. The van der Waals surface area contributed by atoms with E-state index in [4.69, 9.17) is 22.6 Å². The number of halogens is 1. The molecule has 1 aromatic carbocycles. The van der Waals surface area contributed by atoms with Gasteiger partial charge in [0.2, 0.25) is 0 Å². The number of rotatable bonds is 1. The van der Waals surface area contributed by atoms with Gasteiger partial charge in [-0.15, -0.1) is 0 Å². The zero-order valence-corrected chi connectivity index (χ0v) is 8.12. The monoisotopic (exact) mass is 211 g/mol. The molecule has 3 N–H and O–H groups in total. The van der Waals surface area contributed by atoms with Gasteiger partial charge in [0.25, 0.3) is 0 Å². The van der Waals surface area contributed by atoms with E-state index in [0.717, 1.165) is 0 Å². The van der Waals surface area contributed by atoms with Crippen LogP contribution in [0, 0.1) is 11.3 Å². The van der Waals surface area contributed by atoms with Crippen LogP contribution in [0.3, 0.4) is 0 Å². The molecule has 13 heavy (non-hydrogen) atoms. The van der Waals surface area contributed by atoms with Gasteiger partial charge in [-0.05, 0) is 30.4 Å². The van der Waals surface area contributed by atoms with Crippen molar-refractivity contribution in [3.63, 3.8) is 0 Å². The first-order valence-electron chi connectivity index (χ1n) is 3.39. The minimum Gasteiger partial charge on any atom is -0.376 e. The van der Waals surface area contributed by atoms with Crippen molar-refractivity contribution >= 4 is 34.6 Å². The van der Waals surface area contributed by atoms with E-state index in [0.29, 0.717) is 16.3 Å². The van der Waals surface area contributed by atoms with Crippen molar-refractivity contribution in [2.45, 2.75) is 0 Å². The Labute approximate surface area is 86.1 Å². The zero-order valence-electron chi connectivity index (χ0n) is 6.54. The normalized spacial score (nSPS) is 8.92. The Hall–Kier alpha value is -1.31. The second kappa shape index (κ2) is 4.08. The van der Waals surface area contributed by atoms with E-state index in [2.05, 4.69) is 17.5 Å². The molecule has 0 aliphatic rings. The first-order valence-corrected chi connectivity index (χ1v) is 4.18. The molecule has 0 aliphatic carbocycles. The lowest BCUT2D eigenvalue weighted by Gasteiger charge is -2.05. The maximum Gasteiger partial charge on any atom is 0.168 e. The van der Waals surface area contributed by atoms with Gasteiger partial charge in [0, 0.05) is 5.02 Å². The van der Waals surface area contributed by atoms with Crippen LogP contribution in [0.5, 0.6) is 0 Å². The molecule has 0 bridgehead atoms. The highest BCUT2D eigenvalue weighted by Gasteiger charge is 2.02. The SMILES string of the molecule is N#Cc1ccc(Cl)cc1NC(N)=S. The van der Waals surface area contributed by atoms with E-state index in [1.54, 1.807) is 18.2 Å². The number of benzene rings is 1. The van der Waals surface area contributed by atoms with Crippen molar-refractivity contribution < 1.29 is 0 Å². The number of nitrogens with zero attached hydrogens (tertiary/aromatic N) is 1. The van der Waals surface area contributed by atoms with Crippen molar-refractivity contribution in [2.75, 3.05) is 5.32 Å². The van der Waals surface area contributed by atoms with E-state index in [-0.39, 0.29) is 5.11 Å². The van der Waals surface area contributed by atoms with Crippen molar-refractivity contribution in [3.05, 3.63) is 28.8 Å². The van der Waals surface area contributed by atoms with E-state index in [1.165, 1.54) is 0 Å². The fourth-order valence-corrected chi connectivity index (χ4v) is 1.13. The summed E-state index contributed by atoms with van der Waals surface area (Å²) in [5, 5.41) is 12.0. The number of anilines is 1. The molecular formula is C8H6ClN3S. The number of nitriles is 1. The third-order valence-corrected chi connectivity index (χ3v) is 1.70. The molecule has 66 valence electrons. The lowest BCUT2D eigenvalue weighted by Crippen LogP contribution is -2.19.